The van der Waals surface area contributed by atoms with Gasteiger partial charge in [-0.2, -0.15) is 18.3 Å². The molecule has 0 saturated heterocycles. The first-order valence-electron chi connectivity index (χ1n) is 5.74. The van der Waals surface area contributed by atoms with Crippen LogP contribution in [0, 0.1) is 0 Å². The molecule has 106 valence electrons. The largest absolute Gasteiger partial charge is 0.416 e. The first-order valence-corrected chi connectivity index (χ1v) is 5.74. The minimum Gasteiger partial charge on any atom is -0.343 e. The highest BCUT2D eigenvalue weighted by atomic mass is 19.4. The third-order valence-electron chi connectivity index (χ3n) is 2.67. The Morgan fingerprint density at radius 3 is 2.25 bits per heavy atom. The molecule has 0 aliphatic carbocycles. The first kappa shape index (κ1) is 14.1. The van der Waals surface area contributed by atoms with Gasteiger partial charge in [0.2, 0.25) is 0 Å². The Morgan fingerprint density at radius 2 is 1.75 bits per heavy atom. The number of hydrogen-bond acceptors (Lipinski definition) is 2. The van der Waals surface area contributed by atoms with Crippen LogP contribution in [0.4, 0.5) is 13.2 Å². The average Bonchev–Trinajstić information content (AvgIpc) is 2.86. The molecule has 1 aromatic heterocycles. The van der Waals surface area contributed by atoms with Crippen LogP contribution in [0.3, 0.4) is 0 Å². The van der Waals surface area contributed by atoms with Crippen molar-refractivity contribution in [2.75, 3.05) is 14.1 Å². The molecule has 0 radical (unpaired) electrons. The number of nitrogens with zero attached hydrogens (tertiary/aromatic N) is 3. The second kappa shape index (κ2) is 4.99. The van der Waals surface area contributed by atoms with Gasteiger partial charge in [-0.1, -0.05) is 0 Å². The number of alkyl halides is 3. The zero-order valence-electron chi connectivity index (χ0n) is 10.8. The standard InChI is InChI=1S/C13H12F3N3O/c1-18(2)12(20)11-7-8-19(17-11)10-5-3-9(4-6-10)13(14,15)16/h3-8H,1-2H3. The normalized spacial score (nSPS) is 11.4. The van der Waals surface area contributed by atoms with Crippen LogP contribution in [0.2, 0.25) is 0 Å². The molecule has 20 heavy (non-hydrogen) atoms. The zero-order chi connectivity index (χ0) is 14.9. The summed E-state index contributed by atoms with van der Waals surface area (Å²) in [5, 5.41) is 4.04. The van der Waals surface area contributed by atoms with E-state index in [1.807, 2.05) is 0 Å². The molecule has 7 heteroatoms. The van der Waals surface area contributed by atoms with E-state index >= 15 is 0 Å². The fraction of sp³-hybridized carbons (Fsp3) is 0.231. The molecule has 1 amide bonds. The summed E-state index contributed by atoms with van der Waals surface area (Å²) >= 11 is 0. The number of amides is 1. The van der Waals surface area contributed by atoms with Gasteiger partial charge in [0.15, 0.2) is 5.69 Å². The molecule has 4 nitrogen and oxygen atoms in total. The van der Waals surface area contributed by atoms with E-state index in [1.165, 1.54) is 34.0 Å². The Morgan fingerprint density at radius 1 is 1.15 bits per heavy atom. The number of rotatable bonds is 2. The van der Waals surface area contributed by atoms with Crippen LogP contribution >= 0.6 is 0 Å². The predicted molar refractivity (Wildman–Crippen MR) is 66.6 cm³/mol. The molecule has 0 N–H and O–H groups in total. The van der Waals surface area contributed by atoms with E-state index in [1.54, 1.807) is 14.1 Å². The van der Waals surface area contributed by atoms with Gasteiger partial charge in [0.1, 0.15) is 0 Å². The lowest BCUT2D eigenvalue weighted by molar-refractivity contribution is -0.137. The number of benzene rings is 1. The molecular formula is C13H12F3N3O. The van der Waals surface area contributed by atoms with E-state index in [4.69, 9.17) is 0 Å². The van der Waals surface area contributed by atoms with Gasteiger partial charge in [-0.3, -0.25) is 4.79 Å². The molecule has 2 rings (SSSR count). The molecule has 0 saturated carbocycles. The average molecular weight is 283 g/mol. The minimum atomic E-state index is -4.37. The van der Waals surface area contributed by atoms with E-state index in [0.717, 1.165) is 12.1 Å². The Balaban J connectivity index is 2.27. The second-order valence-corrected chi connectivity index (χ2v) is 4.39. The summed E-state index contributed by atoms with van der Waals surface area (Å²) in [4.78, 5) is 13.1. The van der Waals surface area contributed by atoms with Crippen LogP contribution in [0.1, 0.15) is 16.1 Å². The van der Waals surface area contributed by atoms with Gasteiger partial charge in [0, 0.05) is 20.3 Å². The molecule has 0 fully saturated rings. The molecule has 0 aliphatic heterocycles. The maximum absolute atomic E-state index is 12.4. The van der Waals surface area contributed by atoms with E-state index < -0.39 is 11.7 Å². The SMILES string of the molecule is CN(C)C(=O)c1ccn(-c2ccc(C(F)(F)F)cc2)n1. The monoisotopic (exact) mass is 283 g/mol. The number of carbonyl (C=O) groups excluding carboxylic acids is 1. The first-order chi connectivity index (χ1) is 9.29. The van der Waals surface area contributed by atoms with Crippen molar-refractivity contribution in [3.63, 3.8) is 0 Å². The maximum atomic E-state index is 12.4. The molecule has 0 bridgehead atoms. The van der Waals surface area contributed by atoms with Gasteiger partial charge in [-0.15, -0.1) is 0 Å². The van der Waals surface area contributed by atoms with Crippen LogP contribution in [0.25, 0.3) is 5.69 Å². The Kier molecular flexibility index (Phi) is 3.52. The van der Waals surface area contributed by atoms with Crippen LogP contribution in [-0.2, 0) is 6.18 Å². The molecular weight excluding hydrogens is 271 g/mol. The zero-order valence-corrected chi connectivity index (χ0v) is 10.8. The Hall–Kier alpha value is -2.31. The summed E-state index contributed by atoms with van der Waals surface area (Å²) in [6, 6.07) is 6.08. The Bertz CT molecular complexity index is 615. The van der Waals surface area contributed by atoms with Crippen molar-refractivity contribution in [1.29, 1.82) is 0 Å². The molecule has 0 atom stereocenters. The van der Waals surface area contributed by atoms with Gasteiger partial charge in [-0.25, -0.2) is 4.68 Å². The summed E-state index contributed by atoms with van der Waals surface area (Å²) in [5.41, 5.74) is -0.0382. The summed E-state index contributed by atoms with van der Waals surface area (Å²) in [6.07, 6.45) is -2.84. The van der Waals surface area contributed by atoms with Crippen molar-refractivity contribution >= 4 is 5.91 Å². The van der Waals surface area contributed by atoms with Gasteiger partial charge < -0.3 is 4.90 Å². The highest BCUT2D eigenvalue weighted by molar-refractivity contribution is 5.91. The topological polar surface area (TPSA) is 38.1 Å². The van der Waals surface area contributed by atoms with Gasteiger partial charge in [0.25, 0.3) is 5.91 Å². The summed E-state index contributed by atoms with van der Waals surface area (Å²) in [7, 11) is 3.19. The molecule has 1 aromatic carbocycles. The fourth-order valence-electron chi connectivity index (χ4n) is 1.61. The highest BCUT2D eigenvalue weighted by Crippen LogP contribution is 2.29. The van der Waals surface area contributed by atoms with Crippen molar-refractivity contribution < 1.29 is 18.0 Å². The number of hydrogen-bond donors (Lipinski definition) is 0. The van der Waals surface area contributed by atoms with E-state index in [9.17, 15) is 18.0 Å². The van der Waals surface area contributed by atoms with Crippen LogP contribution in [0.15, 0.2) is 36.5 Å². The number of aromatic nitrogens is 2. The van der Waals surface area contributed by atoms with Gasteiger partial charge in [0.05, 0.1) is 11.3 Å². The lowest BCUT2D eigenvalue weighted by Crippen LogP contribution is -2.22. The van der Waals surface area contributed by atoms with Crippen molar-refractivity contribution in [2.45, 2.75) is 6.18 Å². The van der Waals surface area contributed by atoms with Gasteiger partial charge >= 0.3 is 6.18 Å². The summed E-state index contributed by atoms with van der Waals surface area (Å²) in [5.74, 6) is -0.268. The Labute approximate surface area is 113 Å². The number of halogens is 3. The van der Waals surface area contributed by atoms with Crippen molar-refractivity contribution in [2.24, 2.45) is 0 Å². The van der Waals surface area contributed by atoms with Crippen molar-refractivity contribution in [3.8, 4) is 5.69 Å². The van der Waals surface area contributed by atoms with E-state index in [-0.39, 0.29) is 11.6 Å². The molecule has 0 unspecified atom stereocenters. The summed E-state index contributed by atoms with van der Waals surface area (Å²) in [6.45, 7) is 0. The molecule has 2 aromatic rings. The van der Waals surface area contributed by atoms with Gasteiger partial charge in [-0.05, 0) is 30.3 Å². The molecule has 0 spiro atoms. The molecule has 0 aliphatic rings. The van der Waals surface area contributed by atoms with Crippen molar-refractivity contribution in [1.82, 2.24) is 14.7 Å². The lowest BCUT2D eigenvalue weighted by Gasteiger charge is -2.08. The molecule has 1 heterocycles. The predicted octanol–water partition coefficient (Wildman–Crippen LogP) is 2.59. The third-order valence-corrected chi connectivity index (χ3v) is 2.67. The number of carbonyl (C=O) groups is 1. The third kappa shape index (κ3) is 2.81. The van der Waals surface area contributed by atoms with E-state index in [0.29, 0.717) is 5.69 Å². The quantitative estimate of drug-likeness (QED) is 0.849. The van der Waals surface area contributed by atoms with Crippen LogP contribution in [-0.4, -0.2) is 34.7 Å². The van der Waals surface area contributed by atoms with Crippen molar-refractivity contribution in [3.05, 3.63) is 47.8 Å². The minimum absolute atomic E-state index is 0.231. The lowest BCUT2D eigenvalue weighted by atomic mass is 10.2. The second-order valence-electron chi connectivity index (χ2n) is 4.39. The summed E-state index contributed by atoms with van der Waals surface area (Å²) < 4.78 is 38.7. The maximum Gasteiger partial charge on any atom is 0.416 e. The van der Waals surface area contributed by atoms with Crippen LogP contribution in [0.5, 0.6) is 0 Å². The highest BCUT2D eigenvalue weighted by Gasteiger charge is 2.30. The smallest absolute Gasteiger partial charge is 0.343 e. The van der Waals surface area contributed by atoms with E-state index in [2.05, 4.69) is 5.10 Å². The van der Waals surface area contributed by atoms with Crippen LogP contribution < -0.4 is 0 Å². The fourth-order valence-corrected chi connectivity index (χ4v) is 1.61.